The zero-order valence-electron chi connectivity index (χ0n) is 14.8. The third-order valence-electron chi connectivity index (χ3n) is 3.90. The van der Waals surface area contributed by atoms with Crippen LogP contribution < -0.4 is 10.6 Å². The summed E-state index contributed by atoms with van der Waals surface area (Å²) in [6.07, 6.45) is 1.99. The molecule has 0 amide bonds. The van der Waals surface area contributed by atoms with Crippen molar-refractivity contribution in [1.82, 2.24) is 9.97 Å². The molecule has 2 N–H and O–H groups in total. The van der Waals surface area contributed by atoms with E-state index in [1.165, 1.54) is 19.5 Å². The fraction of sp³-hybridized carbons (Fsp3) is 0.150. The molecule has 0 spiro atoms. The molecule has 6 nitrogen and oxygen atoms in total. The normalized spacial score (nSPS) is 10.3. The number of carbonyl (C=O) groups excluding carboxylic acids is 1. The van der Waals surface area contributed by atoms with Gasteiger partial charge in [-0.1, -0.05) is 18.2 Å². The maximum Gasteiger partial charge on any atom is 0.337 e. The summed E-state index contributed by atoms with van der Waals surface area (Å²) < 4.78 is 18.3. The maximum absolute atomic E-state index is 13.6. The van der Waals surface area contributed by atoms with Gasteiger partial charge < -0.3 is 15.4 Å². The molecule has 3 aromatic rings. The average molecular weight is 366 g/mol. The van der Waals surface area contributed by atoms with Gasteiger partial charge in [0.2, 0.25) is 0 Å². The average Bonchev–Trinajstić information content (AvgIpc) is 2.70. The Morgan fingerprint density at radius 3 is 2.56 bits per heavy atom. The first-order valence-electron chi connectivity index (χ1n) is 8.40. The fourth-order valence-electron chi connectivity index (χ4n) is 2.50. The molecule has 2 aromatic carbocycles. The topological polar surface area (TPSA) is 76.1 Å². The maximum atomic E-state index is 13.6. The Bertz CT molecular complexity index is 916. The van der Waals surface area contributed by atoms with E-state index in [4.69, 9.17) is 0 Å². The lowest BCUT2D eigenvalue weighted by Crippen LogP contribution is -2.08. The van der Waals surface area contributed by atoms with Gasteiger partial charge in [0.05, 0.1) is 12.7 Å². The van der Waals surface area contributed by atoms with E-state index in [9.17, 15) is 9.18 Å². The smallest absolute Gasteiger partial charge is 0.337 e. The second kappa shape index (κ2) is 8.75. The van der Waals surface area contributed by atoms with Crippen molar-refractivity contribution in [3.63, 3.8) is 0 Å². The number of hydrogen-bond acceptors (Lipinski definition) is 6. The fourth-order valence-corrected chi connectivity index (χ4v) is 2.50. The SMILES string of the molecule is COC(=O)c1ccc(Nc2cc(NCCc3ccccc3F)ncn2)cc1. The largest absolute Gasteiger partial charge is 0.465 e. The summed E-state index contributed by atoms with van der Waals surface area (Å²) in [5, 5.41) is 6.30. The van der Waals surface area contributed by atoms with Crippen molar-refractivity contribution in [1.29, 1.82) is 0 Å². The molecular weight excluding hydrogens is 347 g/mol. The predicted molar refractivity (Wildman–Crippen MR) is 102 cm³/mol. The highest BCUT2D eigenvalue weighted by atomic mass is 19.1. The van der Waals surface area contributed by atoms with Crippen molar-refractivity contribution in [3.8, 4) is 0 Å². The van der Waals surface area contributed by atoms with Crippen LogP contribution in [0.25, 0.3) is 0 Å². The summed E-state index contributed by atoms with van der Waals surface area (Å²) in [6, 6.07) is 15.3. The minimum absolute atomic E-state index is 0.209. The monoisotopic (exact) mass is 366 g/mol. The van der Waals surface area contributed by atoms with Gasteiger partial charge in [-0.25, -0.2) is 19.2 Å². The Kier molecular flexibility index (Phi) is 5.94. The van der Waals surface area contributed by atoms with Crippen molar-refractivity contribution in [2.24, 2.45) is 0 Å². The van der Waals surface area contributed by atoms with E-state index in [1.807, 2.05) is 6.07 Å². The summed E-state index contributed by atoms with van der Waals surface area (Å²) in [6.45, 7) is 0.547. The molecule has 0 radical (unpaired) electrons. The number of ether oxygens (including phenoxy) is 1. The molecule has 0 aliphatic heterocycles. The van der Waals surface area contributed by atoms with Crippen molar-refractivity contribution in [2.45, 2.75) is 6.42 Å². The Morgan fingerprint density at radius 1 is 1.07 bits per heavy atom. The molecule has 138 valence electrons. The number of benzene rings is 2. The summed E-state index contributed by atoms with van der Waals surface area (Å²) in [4.78, 5) is 19.8. The third kappa shape index (κ3) is 5.01. The number of aromatic nitrogens is 2. The third-order valence-corrected chi connectivity index (χ3v) is 3.90. The molecule has 0 aliphatic rings. The standard InChI is InChI=1S/C20H19FN4O2/c1-27-20(26)15-6-8-16(9-7-15)25-19-12-18(23-13-24-19)22-11-10-14-4-2-3-5-17(14)21/h2-9,12-13H,10-11H2,1H3,(H2,22,23,24,25). The summed E-state index contributed by atoms with van der Waals surface area (Å²) in [7, 11) is 1.34. The molecule has 0 saturated heterocycles. The Hall–Kier alpha value is -3.48. The molecule has 0 bridgehead atoms. The zero-order chi connectivity index (χ0) is 19.1. The second-order valence-electron chi connectivity index (χ2n) is 5.75. The van der Waals surface area contributed by atoms with E-state index in [2.05, 4.69) is 25.3 Å². The van der Waals surface area contributed by atoms with E-state index in [-0.39, 0.29) is 11.8 Å². The van der Waals surface area contributed by atoms with Crippen LogP contribution in [0.1, 0.15) is 15.9 Å². The molecule has 0 unspecified atom stereocenters. The van der Waals surface area contributed by atoms with Gasteiger partial charge in [0, 0.05) is 18.3 Å². The van der Waals surface area contributed by atoms with Crippen molar-refractivity contribution in [2.75, 3.05) is 24.3 Å². The molecule has 1 heterocycles. The van der Waals surface area contributed by atoms with Gasteiger partial charge >= 0.3 is 5.97 Å². The van der Waals surface area contributed by atoms with Crippen LogP contribution in [-0.2, 0) is 11.2 Å². The first-order valence-corrected chi connectivity index (χ1v) is 8.40. The lowest BCUT2D eigenvalue weighted by atomic mass is 10.1. The molecule has 7 heteroatoms. The molecule has 0 aliphatic carbocycles. The molecule has 3 rings (SSSR count). The van der Waals surface area contributed by atoms with Gasteiger partial charge in [-0.2, -0.15) is 0 Å². The molecule has 0 atom stereocenters. The van der Waals surface area contributed by atoms with Crippen LogP contribution in [0, 0.1) is 5.82 Å². The summed E-state index contributed by atoms with van der Waals surface area (Å²) in [5.41, 5.74) is 1.91. The van der Waals surface area contributed by atoms with E-state index in [1.54, 1.807) is 42.5 Å². The van der Waals surface area contributed by atoms with E-state index >= 15 is 0 Å². The summed E-state index contributed by atoms with van der Waals surface area (Å²) in [5.74, 6) is 0.642. The van der Waals surface area contributed by atoms with Crippen molar-refractivity contribution >= 4 is 23.3 Å². The second-order valence-corrected chi connectivity index (χ2v) is 5.75. The van der Waals surface area contributed by atoms with Crippen molar-refractivity contribution < 1.29 is 13.9 Å². The van der Waals surface area contributed by atoms with E-state index < -0.39 is 0 Å². The number of carbonyl (C=O) groups is 1. The Morgan fingerprint density at radius 2 is 1.81 bits per heavy atom. The Labute approximate surface area is 156 Å². The van der Waals surface area contributed by atoms with Crippen LogP contribution in [0.15, 0.2) is 60.9 Å². The highest BCUT2D eigenvalue weighted by Gasteiger charge is 2.05. The first kappa shape index (κ1) is 18.3. The number of methoxy groups -OCH3 is 1. The van der Waals surface area contributed by atoms with Gasteiger partial charge in [0.25, 0.3) is 0 Å². The molecule has 27 heavy (non-hydrogen) atoms. The van der Waals surface area contributed by atoms with Gasteiger partial charge in [-0.3, -0.25) is 0 Å². The minimum Gasteiger partial charge on any atom is -0.465 e. The van der Waals surface area contributed by atoms with E-state index in [0.29, 0.717) is 35.7 Å². The number of rotatable bonds is 7. The number of esters is 1. The highest BCUT2D eigenvalue weighted by Crippen LogP contribution is 2.17. The van der Waals surface area contributed by atoms with Crippen LogP contribution in [0.3, 0.4) is 0 Å². The lowest BCUT2D eigenvalue weighted by molar-refractivity contribution is 0.0601. The van der Waals surface area contributed by atoms with Crippen LogP contribution in [0.5, 0.6) is 0 Å². The van der Waals surface area contributed by atoms with Gasteiger partial charge in [-0.15, -0.1) is 0 Å². The minimum atomic E-state index is -0.384. The molecule has 0 fully saturated rings. The molecule has 0 saturated carbocycles. The van der Waals surface area contributed by atoms with E-state index in [0.717, 1.165) is 5.69 Å². The lowest BCUT2D eigenvalue weighted by Gasteiger charge is -2.09. The number of nitrogens with zero attached hydrogens (tertiary/aromatic N) is 2. The molecular formula is C20H19FN4O2. The highest BCUT2D eigenvalue weighted by molar-refractivity contribution is 5.89. The summed E-state index contributed by atoms with van der Waals surface area (Å²) >= 11 is 0. The number of nitrogens with one attached hydrogen (secondary N) is 2. The van der Waals surface area contributed by atoms with Crippen molar-refractivity contribution in [3.05, 3.63) is 77.9 Å². The van der Waals surface area contributed by atoms with Crippen LogP contribution >= 0.6 is 0 Å². The zero-order valence-corrected chi connectivity index (χ0v) is 14.8. The first-order chi connectivity index (χ1) is 13.2. The van der Waals surface area contributed by atoms with Gasteiger partial charge in [0.1, 0.15) is 23.8 Å². The van der Waals surface area contributed by atoms with Crippen LogP contribution in [0.4, 0.5) is 21.7 Å². The number of anilines is 3. The Balaban J connectivity index is 1.58. The predicted octanol–water partition coefficient (Wildman–Crippen LogP) is 3.80. The number of hydrogen-bond donors (Lipinski definition) is 2. The molecule has 1 aromatic heterocycles. The number of halogens is 1. The quantitative estimate of drug-likeness (QED) is 0.620. The van der Waals surface area contributed by atoms with Gasteiger partial charge in [-0.05, 0) is 42.3 Å². The van der Waals surface area contributed by atoms with Crippen LogP contribution in [0.2, 0.25) is 0 Å². The van der Waals surface area contributed by atoms with Gasteiger partial charge in [0.15, 0.2) is 0 Å². The van der Waals surface area contributed by atoms with Crippen LogP contribution in [-0.4, -0.2) is 29.6 Å².